The van der Waals surface area contributed by atoms with Gasteiger partial charge in [-0.3, -0.25) is 0 Å². The first-order chi connectivity index (χ1) is 9.45. The van der Waals surface area contributed by atoms with Crippen molar-refractivity contribution >= 4 is 15.9 Å². The number of hydrogen-bond donors (Lipinski definition) is 1. The summed E-state index contributed by atoms with van der Waals surface area (Å²) in [6.45, 7) is 5.99. The fraction of sp³-hybridized carbons (Fsp3) is 0.429. The number of aryl methyl sites for hydroxylation is 2. The van der Waals surface area contributed by atoms with Gasteiger partial charge in [0.15, 0.2) is 6.61 Å². The van der Waals surface area contributed by atoms with Gasteiger partial charge in [0.1, 0.15) is 5.75 Å². The normalized spacial score (nSPS) is 12.4. The Balaban J connectivity index is 2.20. The van der Waals surface area contributed by atoms with Crippen LogP contribution in [0.15, 0.2) is 21.0 Å². The average molecular weight is 340 g/mol. The number of nitrogens with zero attached hydrogens (tertiary/aromatic N) is 2. The van der Waals surface area contributed by atoms with Crippen LogP contribution in [0.4, 0.5) is 0 Å². The molecule has 0 aliphatic heterocycles. The lowest BCUT2D eigenvalue weighted by atomic mass is 10.0. The number of benzene rings is 1. The summed E-state index contributed by atoms with van der Waals surface area (Å²) >= 11 is 3.50. The molecule has 20 heavy (non-hydrogen) atoms. The quantitative estimate of drug-likeness (QED) is 0.906. The fourth-order valence-electron chi connectivity index (χ4n) is 2.03. The van der Waals surface area contributed by atoms with Crippen LogP contribution in [0.3, 0.4) is 0 Å². The SMILES string of the molecule is Cc1nnc(COc2c(C)cc(Br)cc2CC(C)N)o1. The van der Waals surface area contributed by atoms with E-state index < -0.39 is 0 Å². The third-order valence-electron chi connectivity index (χ3n) is 2.77. The van der Waals surface area contributed by atoms with Crippen molar-refractivity contribution in [1.29, 1.82) is 0 Å². The van der Waals surface area contributed by atoms with Gasteiger partial charge in [-0.15, -0.1) is 10.2 Å². The van der Waals surface area contributed by atoms with Crippen LogP contribution in [0.5, 0.6) is 5.75 Å². The van der Waals surface area contributed by atoms with E-state index in [0.29, 0.717) is 11.8 Å². The van der Waals surface area contributed by atoms with E-state index in [0.717, 1.165) is 27.8 Å². The Bertz CT molecular complexity index is 596. The van der Waals surface area contributed by atoms with Crippen LogP contribution in [0.25, 0.3) is 0 Å². The first kappa shape index (κ1) is 15.0. The van der Waals surface area contributed by atoms with Gasteiger partial charge >= 0.3 is 0 Å². The Morgan fingerprint density at radius 2 is 2.10 bits per heavy atom. The number of rotatable bonds is 5. The average Bonchev–Trinajstić information content (AvgIpc) is 2.73. The molecule has 1 heterocycles. The van der Waals surface area contributed by atoms with Gasteiger partial charge in [-0.05, 0) is 43.5 Å². The minimum atomic E-state index is 0.0664. The van der Waals surface area contributed by atoms with Crippen molar-refractivity contribution in [3.8, 4) is 5.75 Å². The molecule has 1 aromatic heterocycles. The van der Waals surface area contributed by atoms with Crippen LogP contribution in [-0.2, 0) is 13.0 Å². The Hall–Kier alpha value is -1.40. The van der Waals surface area contributed by atoms with E-state index in [1.807, 2.05) is 26.0 Å². The van der Waals surface area contributed by atoms with E-state index in [9.17, 15) is 0 Å². The molecule has 0 fully saturated rings. The smallest absolute Gasteiger partial charge is 0.253 e. The van der Waals surface area contributed by atoms with Gasteiger partial charge in [0.25, 0.3) is 5.89 Å². The molecule has 0 amide bonds. The molecule has 1 aromatic carbocycles. The van der Waals surface area contributed by atoms with Gasteiger partial charge in [-0.25, -0.2) is 0 Å². The summed E-state index contributed by atoms with van der Waals surface area (Å²) in [4.78, 5) is 0. The van der Waals surface area contributed by atoms with Crippen molar-refractivity contribution in [2.45, 2.75) is 39.8 Å². The standard InChI is InChI=1S/C14H18BrN3O2/c1-8-4-12(15)6-11(5-9(2)16)14(8)19-7-13-18-17-10(3)20-13/h4,6,9H,5,7,16H2,1-3H3. The summed E-state index contributed by atoms with van der Waals surface area (Å²) in [6, 6.07) is 4.11. The van der Waals surface area contributed by atoms with Crippen molar-refractivity contribution < 1.29 is 9.15 Å². The minimum absolute atomic E-state index is 0.0664. The van der Waals surface area contributed by atoms with Crippen LogP contribution in [0, 0.1) is 13.8 Å². The van der Waals surface area contributed by atoms with E-state index in [1.165, 1.54) is 0 Å². The maximum absolute atomic E-state index is 5.89. The summed E-state index contributed by atoms with van der Waals surface area (Å²) < 4.78 is 12.2. The maximum Gasteiger partial charge on any atom is 0.253 e. The molecule has 0 aliphatic carbocycles. The maximum atomic E-state index is 5.89. The monoisotopic (exact) mass is 339 g/mol. The summed E-state index contributed by atoms with van der Waals surface area (Å²) in [5, 5.41) is 7.71. The summed E-state index contributed by atoms with van der Waals surface area (Å²) in [5.41, 5.74) is 8.01. The first-order valence-electron chi connectivity index (χ1n) is 6.42. The molecule has 1 unspecified atom stereocenters. The second-order valence-corrected chi connectivity index (χ2v) is 5.81. The van der Waals surface area contributed by atoms with E-state index in [4.69, 9.17) is 14.9 Å². The van der Waals surface area contributed by atoms with Crippen LogP contribution in [0.2, 0.25) is 0 Å². The number of hydrogen-bond acceptors (Lipinski definition) is 5. The van der Waals surface area contributed by atoms with Crippen molar-refractivity contribution in [1.82, 2.24) is 10.2 Å². The highest BCUT2D eigenvalue weighted by molar-refractivity contribution is 9.10. The van der Waals surface area contributed by atoms with Crippen LogP contribution in [0.1, 0.15) is 29.8 Å². The zero-order valence-electron chi connectivity index (χ0n) is 11.8. The highest BCUT2D eigenvalue weighted by atomic mass is 79.9. The van der Waals surface area contributed by atoms with Crippen molar-refractivity contribution in [3.63, 3.8) is 0 Å². The van der Waals surface area contributed by atoms with E-state index in [-0.39, 0.29) is 12.6 Å². The molecule has 0 saturated carbocycles. The van der Waals surface area contributed by atoms with Gasteiger partial charge in [0.05, 0.1) is 0 Å². The second kappa shape index (κ2) is 6.37. The third-order valence-corrected chi connectivity index (χ3v) is 3.22. The van der Waals surface area contributed by atoms with E-state index in [1.54, 1.807) is 6.92 Å². The van der Waals surface area contributed by atoms with E-state index >= 15 is 0 Å². The van der Waals surface area contributed by atoms with Crippen molar-refractivity contribution in [2.24, 2.45) is 5.73 Å². The molecule has 1 atom stereocenters. The predicted octanol–water partition coefficient (Wildman–Crippen LogP) is 2.92. The number of halogens is 1. The van der Waals surface area contributed by atoms with Crippen LogP contribution in [-0.4, -0.2) is 16.2 Å². The highest BCUT2D eigenvalue weighted by Crippen LogP contribution is 2.29. The summed E-state index contributed by atoms with van der Waals surface area (Å²) in [6.07, 6.45) is 0.748. The molecule has 0 bridgehead atoms. The molecule has 2 rings (SSSR count). The lowest BCUT2D eigenvalue weighted by molar-refractivity contribution is 0.256. The molecule has 0 aliphatic rings. The lowest BCUT2D eigenvalue weighted by Gasteiger charge is -2.15. The van der Waals surface area contributed by atoms with Crippen LogP contribution < -0.4 is 10.5 Å². The van der Waals surface area contributed by atoms with Gasteiger partial charge in [-0.2, -0.15) is 0 Å². The molecule has 5 nitrogen and oxygen atoms in total. The molecular formula is C14H18BrN3O2. The molecule has 2 N–H and O–H groups in total. The number of nitrogens with two attached hydrogens (primary N) is 1. The fourth-order valence-corrected chi connectivity index (χ4v) is 2.65. The van der Waals surface area contributed by atoms with Crippen molar-refractivity contribution in [3.05, 3.63) is 39.5 Å². The zero-order chi connectivity index (χ0) is 14.7. The molecule has 6 heteroatoms. The lowest BCUT2D eigenvalue weighted by Crippen LogP contribution is -2.18. The summed E-state index contributed by atoms with van der Waals surface area (Å²) in [7, 11) is 0. The van der Waals surface area contributed by atoms with Crippen molar-refractivity contribution in [2.75, 3.05) is 0 Å². The number of aromatic nitrogens is 2. The van der Waals surface area contributed by atoms with Gasteiger partial charge in [0.2, 0.25) is 5.89 Å². The Morgan fingerprint density at radius 1 is 1.35 bits per heavy atom. The molecule has 0 radical (unpaired) electrons. The molecule has 108 valence electrons. The van der Waals surface area contributed by atoms with Crippen LogP contribution >= 0.6 is 15.9 Å². The van der Waals surface area contributed by atoms with Gasteiger partial charge < -0.3 is 14.9 Å². The second-order valence-electron chi connectivity index (χ2n) is 4.90. The molecular weight excluding hydrogens is 322 g/mol. The number of ether oxygens (including phenoxy) is 1. The largest absolute Gasteiger partial charge is 0.483 e. The van der Waals surface area contributed by atoms with Gasteiger partial charge in [-0.1, -0.05) is 15.9 Å². The minimum Gasteiger partial charge on any atom is -0.483 e. The Labute approximate surface area is 126 Å². The summed E-state index contributed by atoms with van der Waals surface area (Å²) in [5.74, 6) is 1.84. The first-order valence-corrected chi connectivity index (χ1v) is 7.21. The Kier molecular flexibility index (Phi) is 4.77. The third kappa shape index (κ3) is 3.80. The molecule has 0 spiro atoms. The van der Waals surface area contributed by atoms with E-state index in [2.05, 4.69) is 26.1 Å². The highest BCUT2D eigenvalue weighted by Gasteiger charge is 2.12. The topological polar surface area (TPSA) is 74.2 Å². The van der Waals surface area contributed by atoms with Gasteiger partial charge in [0, 0.05) is 17.4 Å². The molecule has 2 aromatic rings. The molecule has 0 saturated heterocycles. The predicted molar refractivity (Wildman–Crippen MR) is 79.6 cm³/mol. The zero-order valence-corrected chi connectivity index (χ0v) is 13.4. The Morgan fingerprint density at radius 3 is 2.70 bits per heavy atom.